The predicted octanol–water partition coefficient (Wildman–Crippen LogP) is 3.36. The van der Waals surface area contributed by atoms with Crippen LogP contribution in [0.4, 0.5) is 5.82 Å². The molecule has 0 spiro atoms. The van der Waals surface area contributed by atoms with Crippen LogP contribution in [0.15, 0.2) is 42.6 Å². The fraction of sp³-hybridized carbons (Fsp3) is 0.154. The molecule has 0 atom stereocenters. The Morgan fingerprint density at radius 1 is 1.24 bits per heavy atom. The van der Waals surface area contributed by atoms with E-state index >= 15 is 0 Å². The number of ether oxygens (including phenoxy) is 1. The lowest BCUT2D eigenvalue weighted by Gasteiger charge is -2.06. The summed E-state index contributed by atoms with van der Waals surface area (Å²) in [6.07, 6.45) is 1.68. The van der Waals surface area contributed by atoms with Crippen molar-refractivity contribution in [1.82, 2.24) is 4.98 Å². The molecule has 0 aliphatic rings. The SMILES string of the molecule is COc1ccc(CNc2cc(Cl)ccn2)cc1. The van der Waals surface area contributed by atoms with E-state index in [1.807, 2.05) is 24.3 Å². The second kappa shape index (κ2) is 5.55. The second-order valence-electron chi connectivity index (χ2n) is 3.56. The Bertz CT molecular complexity index is 485. The van der Waals surface area contributed by atoms with Gasteiger partial charge in [0, 0.05) is 17.8 Å². The molecule has 0 saturated heterocycles. The number of halogens is 1. The topological polar surface area (TPSA) is 34.1 Å². The lowest BCUT2D eigenvalue weighted by molar-refractivity contribution is 0.414. The minimum atomic E-state index is 0.678. The van der Waals surface area contributed by atoms with Gasteiger partial charge in [0.25, 0.3) is 0 Å². The summed E-state index contributed by atoms with van der Waals surface area (Å²) in [5.41, 5.74) is 1.16. The third kappa shape index (κ3) is 3.36. The largest absolute Gasteiger partial charge is 0.497 e. The Morgan fingerprint density at radius 3 is 2.65 bits per heavy atom. The fourth-order valence-electron chi connectivity index (χ4n) is 1.44. The first-order valence-electron chi connectivity index (χ1n) is 5.26. The first kappa shape index (κ1) is 11.7. The quantitative estimate of drug-likeness (QED) is 0.901. The van der Waals surface area contributed by atoms with E-state index in [0.717, 1.165) is 17.1 Å². The zero-order chi connectivity index (χ0) is 12.1. The third-order valence-electron chi connectivity index (χ3n) is 2.35. The standard InChI is InChI=1S/C13H13ClN2O/c1-17-12-4-2-10(3-5-12)9-16-13-8-11(14)6-7-15-13/h2-8H,9H2,1H3,(H,15,16). The van der Waals surface area contributed by atoms with E-state index in [9.17, 15) is 0 Å². The van der Waals surface area contributed by atoms with Crippen LogP contribution < -0.4 is 10.1 Å². The highest BCUT2D eigenvalue weighted by Crippen LogP contribution is 2.14. The fourth-order valence-corrected chi connectivity index (χ4v) is 1.60. The van der Waals surface area contributed by atoms with Crippen LogP contribution in [0.5, 0.6) is 5.75 Å². The number of aromatic nitrogens is 1. The molecular formula is C13H13ClN2O. The summed E-state index contributed by atoms with van der Waals surface area (Å²) in [5, 5.41) is 3.88. The molecule has 1 heterocycles. The van der Waals surface area contributed by atoms with Gasteiger partial charge < -0.3 is 10.1 Å². The summed E-state index contributed by atoms with van der Waals surface area (Å²) >= 11 is 5.87. The molecule has 0 aliphatic carbocycles. The molecule has 0 bridgehead atoms. The Kier molecular flexibility index (Phi) is 3.83. The van der Waals surface area contributed by atoms with Crippen molar-refractivity contribution < 1.29 is 4.74 Å². The highest BCUT2D eigenvalue weighted by atomic mass is 35.5. The number of anilines is 1. The van der Waals surface area contributed by atoms with Crippen LogP contribution in [-0.2, 0) is 6.54 Å². The summed E-state index contributed by atoms with van der Waals surface area (Å²) < 4.78 is 5.10. The lowest BCUT2D eigenvalue weighted by Crippen LogP contribution is -2.00. The molecule has 0 amide bonds. The van der Waals surface area contributed by atoms with Gasteiger partial charge in [-0.1, -0.05) is 23.7 Å². The van der Waals surface area contributed by atoms with Crippen LogP contribution in [0.25, 0.3) is 0 Å². The van der Waals surface area contributed by atoms with Crippen LogP contribution in [0.2, 0.25) is 5.02 Å². The van der Waals surface area contributed by atoms with Gasteiger partial charge in [-0.2, -0.15) is 0 Å². The van der Waals surface area contributed by atoms with E-state index in [2.05, 4.69) is 10.3 Å². The van der Waals surface area contributed by atoms with E-state index in [1.165, 1.54) is 0 Å². The predicted molar refractivity (Wildman–Crippen MR) is 69.6 cm³/mol. The number of nitrogens with zero attached hydrogens (tertiary/aromatic N) is 1. The van der Waals surface area contributed by atoms with Crippen molar-refractivity contribution in [2.75, 3.05) is 12.4 Å². The molecular weight excluding hydrogens is 236 g/mol. The molecule has 2 aromatic rings. The van der Waals surface area contributed by atoms with E-state index in [4.69, 9.17) is 16.3 Å². The smallest absolute Gasteiger partial charge is 0.127 e. The lowest BCUT2D eigenvalue weighted by atomic mass is 10.2. The molecule has 17 heavy (non-hydrogen) atoms. The summed E-state index contributed by atoms with van der Waals surface area (Å²) in [6, 6.07) is 11.4. The zero-order valence-electron chi connectivity index (χ0n) is 9.48. The Hall–Kier alpha value is -1.74. The Balaban J connectivity index is 1.97. The highest BCUT2D eigenvalue weighted by Gasteiger charge is 1.97. The molecule has 2 rings (SSSR count). The second-order valence-corrected chi connectivity index (χ2v) is 4.00. The molecule has 0 fully saturated rings. The Morgan fingerprint density at radius 2 is 2.00 bits per heavy atom. The number of methoxy groups -OCH3 is 1. The van der Waals surface area contributed by atoms with Crippen LogP contribution in [0, 0.1) is 0 Å². The number of pyridine rings is 1. The van der Waals surface area contributed by atoms with E-state index in [-0.39, 0.29) is 0 Å². The minimum absolute atomic E-state index is 0.678. The maximum atomic E-state index is 5.87. The van der Waals surface area contributed by atoms with Gasteiger partial charge >= 0.3 is 0 Å². The normalized spacial score (nSPS) is 10.0. The maximum Gasteiger partial charge on any atom is 0.127 e. The number of benzene rings is 1. The van der Waals surface area contributed by atoms with Crippen molar-refractivity contribution in [2.45, 2.75) is 6.54 Å². The number of rotatable bonds is 4. The van der Waals surface area contributed by atoms with Crippen LogP contribution in [0.1, 0.15) is 5.56 Å². The van der Waals surface area contributed by atoms with Gasteiger partial charge in [0.05, 0.1) is 7.11 Å². The van der Waals surface area contributed by atoms with Crippen molar-refractivity contribution >= 4 is 17.4 Å². The van der Waals surface area contributed by atoms with Gasteiger partial charge in [-0.15, -0.1) is 0 Å². The first-order chi connectivity index (χ1) is 8.28. The van der Waals surface area contributed by atoms with Crippen LogP contribution in [0.3, 0.4) is 0 Å². The number of hydrogen-bond acceptors (Lipinski definition) is 3. The van der Waals surface area contributed by atoms with Crippen LogP contribution in [-0.4, -0.2) is 12.1 Å². The summed E-state index contributed by atoms with van der Waals surface area (Å²) in [6.45, 7) is 0.706. The Labute approximate surface area is 105 Å². The zero-order valence-corrected chi connectivity index (χ0v) is 10.2. The van der Waals surface area contributed by atoms with Gasteiger partial charge in [-0.05, 0) is 29.8 Å². The average molecular weight is 249 g/mol. The first-order valence-corrected chi connectivity index (χ1v) is 5.64. The van der Waals surface area contributed by atoms with Crippen molar-refractivity contribution in [2.24, 2.45) is 0 Å². The van der Waals surface area contributed by atoms with E-state index < -0.39 is 0 Å². The maximum absolute atomic E-state index is 5.87. The summed E-state index contributed by atoms with van der Waals surface area (Å²) in [7, 11) is 1.66. The third-order valence-corrected chi connectivity index (χ3v) is 2.59. The molecule has 3 nitrogen and oxygen atoms in total. The van der Waals surface area contributed by atoms with Gasteiger partial charge in [0.2, 0.25) is 0 Å². The molecule has 0 unspecified atom stereocenters. The van der Waals surface area contributed by atoms with Crippen molar-refractivity contribution in [3.05, 3.63) is 53.2 Å². The summed E-state index contributed by atoms with van der Waals surface area (Å²) in [4.78, 5) is 4.17. The van der Waals surface area contributed by atoms with Crippen molar-refractivity contribution in [3.8, 4) is 5.75 Å². The monoisotopic (exact) mass is 248 g/mol. The molecule has 0 saturated carbocycles. The average Bonchev–Trinajstić information content (AvgIpc) is 2.37. The molecule has 1 aromatic carbocycles. The molecule has 88 valence electrons. The van der Waals surface area contributed by atoms with E-state index in [0.29, 0.717) is 11.6 Å². The molecule has 1 N–H and O–H groups in total. The molecule has 0 aliphatic heterocycles. The molecule has 1 aromatic heterocycles. The van der Waals surface area contributed by atoms with Gasteiger partial charge in [0.15, 0.2) is 0 Å². The van der Waals surface area contributed by atoms with Gasteiger partial charge in [-0.25, -0.2) is 4.98 Å². The van der Waals surface area contributed by atoms with Gasteiger partial charge in [0.1, 0.15) is 11.6 Å². The molecule has 4 heteroatoms. The van der Waals surface area contributed by atoms with E-state index in [1.54, 1.807) is 25.4 Å². The minimum Gasteiger partial charge on any atom is -0.497 e. The van der Waals surface area contributed by atoms with Crippen LogP contribution >= 0.6 is 11.6 Å². The number of hydrogen-bond donors (Lipinski definition) is 1. The van der Waals surface area contributed by atoms with Gasteiger partial charge in [-0.3, -0.25) is 0 Å². The highest BCUT2D eigenvalue weighted by molar-refractivity contribution is 6.30. The molecule has 0 radical (unpaired) electrons. The van der Waals surface area contributed by atoms with Crippen molar-refractivity contribution in [3.63, 3.8) is 0 Å². The van der Waals surface area contributed by atoms with Crippen molar-refractivity contribution in [1.29, 1.82) is 0 Å². The summed E-state index contributed by atoms with van der Waals surface area (Å²) in [5.74, 6) is 1.63. The number of nitrogens with one attached hydrogen (secondary N) is 1.